The molecule has 0 aromatic carbocycles. The Kier molecular flexibility index (Phi) is 5.92. The van der Waals surface area contributed by atoms with E-state index in [9.17, 15) is 0 Å². The van der Waals surface area contributed by atoms with E-state index in [2.05, 4.69) is 37.9 Å². The highest BCUT2D eigenvalue weighted by Crippen LogP contribution is 2.31. The first kappa shape index (κ1) is 16.3. The maximum absolute atomic E-state index is 3.87. The second-order valence-corrected chi connectivity index (χ2v) is 7.49. The lowest BCUT2D eigenvalue weighted by Crippen LogP contribution is -2.64. The Balaban J connectivity index is 1.95. The van der Waals surface area contributed by atoms with Crippen molar-refractivity contribution in [2.75, 3.05) is 19.6 Å². The molecule has 1 aliphatic carbocycles. The largest absolute Gasteiger partial charge is 0.308 e. The summed E-state index contributed by atoms with van der Waals surface area (Å²) < 4.78 is 0. The Bertz CT molecular complexity index is 277. The molecule has 1 unspecified atom stereocenters. The van der Waals surface area contributed by atoms with Gasteiger partial charge in [-0.05, 0) is 43.9 Å². The van der Waals surface area contributed by atoms with Gasteiger partial charge in [-0.15, -0.1) is 0 Å². The van der Waals surface area contributed by atoms with Crippen LogP contribution >= 0.6 is 0 Å². The fraction of sp³-hybridized carbons (Fsp3) is 1.00. The third-order valence-corrected chi connectivity index (χ3v) is 6.19. The Morgan fingerprint density at radius 1 is 1.05 bits per heavy atom. The van der Waals surface area contributed by atoms with Crippen LogP contribution < -0.4 is 5.32 Å². The molecule has 1 heterocycles. The molecule has 2 nitrogen and oxygen atoms in total. The topological polar surface area (TPSA) is 15.3 Å². The van der Waals surface area contributed by atoms with Crippen molar-refractivity contribution < 1.29 is 0 Å². The molecular weight excluding hydrogens is 244 g/mol. The zero-order valence-electron chi connectivity index (χ0n) is 14.3. The maximum atomic E-state index is 3.87. The highest BCUT2D eigenvalue weighted by molar-refractivity contribution is 4.97. The number of hydrogen-bond donors (Lipinski definition) is 1. The molecule has 0 radical (unpaired) electrons. The molecule has 118 valence electrons. The third kappa shape index (κ3) is 3.76. The minimum absolute atomic E-state index is 0.383. The van der Waals surface area contributed by atoms with Gasteiger partial charge in [0.25, 0.3) is 0 Å². The second-order valence-electron chi connectivity index (χ2n) is 7.49. The monoisotopic (exact) mass is 280 g/mol. The summed E-state index contributed by atoms with van der Waals surface area (Å²) in [5.74, 6) is 1.94. The molecule has 0 aromatic heterocycles. The van der Waals surface area contributed by atoms with Crippen LogP contribution in [0.2, 0.25) is 0 Å². The lowest BCUT2D eigenvalue weighted by Gasteiger charge is -2.48. The molecule has 0 bridgehead atoms. The van der Waals surface area contributed by atoms with Crippen molar-refractivity contribution in [1.29, 1.82) is 0 Å². The number of nitrogens with one attached hydrogen (secondary N) is 1. The molecule has 20 heavy (non-hydrogen) atoms. The van der Waals surface area contributed by atoms with Crippen molar-refractivity contribution in [3.8, 4) is 0 Å². The van der Waals surface area contributed by atoms with Crippen LogP contribution in [-0.4, -0.2) is 36.1 Å². The van der Waals surface area contributed by atoms with Crippen molar-refractivity contribution in [2.45, 2.75) is 84.2 Å². The van der Waals surface area contributed by atoms with E-state index < -0.39 is 0 Å². The molecule has 0 aromatic rings. The quantitative estimate of drug-likeness (QED) is 0.817. The van der Waals surface area contributed by atoms with Gasteiger partial charge in [0.15, 0.2) is 0 Å². The van der Waals surface area contributed by atoms with E-state index in [1.807, 2.05) is 0 Å². The summed E-state index contributed by atoms with van der Waals surface area (Å²) in [7, 11) is 0. The summed E-state index contributed by atoms with van der Waals surface area (Å²) in [6, 6.07) is 0.764. The molecule has 1 N–H and O–H groups in total. The maximum Gasteiger partial charge on any atom is 0.0304 e. The Hall–Kier alpha value is -0.0800. The third-order valence-electron chi connectivity index (χ3n) is 6.19. The zero-order valence-corrected chi connectivity index (χ0v) is 14.3. The van der Waals surface area contributed by atoms with E-state index in [4.69, 9.17) is 0 Å². The summed E-state index contributed by atoms with van der Waals surface area (Å²) in [6.07, 6.45) is 9.66. The highest BCUT2D eigenvalue weighted by atomic mass is 15.3. The molecule has 2 heteroatoms. The second kappa shape index (κ2) is 7.26. The molecule has 1 atom stereocenters. The van der Waals surface area contributed by atoms with Gasteiger partial charge in [0.2, 0.25) is 0 Å². The minimum Gasteiger partial charge on any atom is -0.308 e. The van der Waals surface area contributed by atoms with E-state index in [-0.39, 0.29) is 0 Å². The first-order chi connectivity index (χ1) is 9.62. The molecule has 1 aliphatic heterocycles. The number of hydrogen-bond acceptors (Lipinski definition) is 2. The summed E-state index contributed by atoms with van der Waals surface area (Å²) >= 11 is 0. The van der Waals surface area contributed by atoms with E-state index >= 15 is 0 Å². The summed E-state index contributed by atoms with van der Waals surface area (Å²) in [4.78, 5) is 2.84. The van der Waals surface area contributed by atoms with Gasteiger partial charge in [-0.2, -0.15) is 0 Å². The van der Waals surface area contributed by atoms with E-state index in [0.717, 1.165) is 17.9 Å². The average Bonchev–Trinajstić information content (AvgIpc) is 2.49. The smallest absolute Gasteiger partial charge is 0.0304 e. The van der Waals surface area contributed by atoms with Crippen LogP contribution in [-0.2, 0) is 0 Å². The van der Waals surface area contributed by atoms with Gasteiger partial charge in [-0.3, -0.25) is 4.90 Å². The molecule has 1 saturated heterocycles. The van der Waals surface area contributed by atoms with Crippen LogP contribution in [0, 0.1) is 11.8 Å². The van der Waals surface area contributed by atoms with Gasteiger partial charge >= 0.3 is 0 Å². The van der Waals surface area contributed by atoms with Gasteiger partial charge in [0, 0.05) is 31.2 Å². The van der Waals surface area contributed by atoms with Crippen LogP contribution in [0.15, 0.2) is 0 Å². The van der Waals surface area contributed by atoms with Crippen molar-refractivity contribution in [2.24, 2.45) is 11.8 Å². The lowest BCUT2D eigenvalue weighted by atomic mass is 9.81. The van der Waals surface area contributed by atoms with Crippen molar-refractivity contribution in [1.82, 2.24) is 10.2 Å². The van der Waals surface area contributed by atoms with E-state index in [1.54, 1.807) is 0 Å². The average molecular weight is 280 g/mol. The summed E-state index contributed by atoms with van der Waals surface area (Å²) in [5, 5.41) is 3.87. The van der Waals surface area contributed by atoms with Crippen LogP contribution in [0.25, 0.3) is 0 Å². The molecular formula is C18H36N2. The van der Waals surface area contributed by atoms with E-state index in [1.165, 1.54) is 64.6 Å². The van der Waals surface area contributed by atoms with Crippen LogP contribution in [0.4, 0.5) is 0 Å². The van der Waals surface area contributed by atoms with Crippen LogP contribution in [0.1, 0.15) is 72.6 Å². The summed E-state index contributed by atoms with van der Waals surface area (Å²) in [6.45, 7) is 13.3. The highest BCUT2D eigenvalue weighted by Gasteiger charge is 2.36. The number of rotatable bonds is 5. The predicted octanol–water partition coefficient (Wildman–Crippen LogP) is 4.06. The molecule has 0 spiro atoms. The number of piperazine rings is 1. The fourth-order valence-electron chi connectivity index (χ4n) is 4.22. The van der Waals surface area contributed by atoms with Crippen molar-refractivity contribution >= 4 is 0 Å². The normalized spacial score (nSPS) is 35.1. The Morgan fingerprint density at radius 2 is 1.70 bits per heavy atom. The van der Waals surface area contributed by atoms with Gasteiger partial charge in [-0.1, -0.05) is 40.5 Å². The van der Waals surface area contributed by atoms with Crippen LogP contribution in [0.5, 0.6) is 0 Å². The summed E-state index contributed by atoms with van der Waals surface area (Å²) in [5.41, 5.74) is 0.383. The van der Waals surface area contributed by atoms with Crippen molar-refractivity contribution in [3.05, 3.63) is 0 Å². The Morgan fingerprint density at radius 3 is 2.25 bits per heavy atom. The predicted molar refractivity (Wildman–Crippen MR) is 88.1 cm³/mol. The van der Waals surface area contributed by atoms with Gasteiger partial charge in [-0.25, -0.2) is 0 Å². The molecule has 2 fully saturated rings. The fourth-order valence-corrected chi connectivity index (χ4v) is 4.22. The standard InChI is InChI=1S/C18H36N2/c1-5-17-12-19-18(6-2,7-3)14-20(17)13-16-10-8-15(4)9-11-16/h15-17,19H,5-14H2,1-4H3. The van der Waals surface area contributed by atoms with E-state index in [0.29, 0.717) is 5.54 Å². The number of nitrogens with zero attached hydrogens (tertiary/aromatic N) is 1. The molecule has 2 rings (SSSR count). The first-order valence-corrected chi connectivity index (χ1v) is 9.11. The van der Waals surface area contributed by atoms with Gasteiger partial charge < -0.3 is 5.32 Å². The molecule has 2 aliphatic rings. The zero-order chi connectivity index (χ0) is 14.6. The lowest BCUT2D eigenvalue weighted by molar-refractivity contribution is 0.0493. The SMILES string of the molecule is CCC1CNC(CC)(CC)CN1CC1CCC(C)CC1. The molecule has 1 saturated carbocycles. The van der Waals surface area contributed by atoms with Crippen LogP contribution in [0.3, 0.4) is 0 Å². The van der Waals surface area contributed by atoms with Gasteiger partial charge in [0.05, 0.1) is 0 Å². The minimum atomic E-state index is 0.383. The van der Waals surface area contributed by atoms with Gasteiger partial charge in [0.1, 0.15) is 0 Å². The Labute approximate surface area is 126 Å². The first-order valence-electron chi connectivity index (χ1n) is 9.11. The molecule has 0 amide bonds. The van der Waals surface area contributed by atoms with Crippen molar-refractivity contribution in [3.63, 3.8) is 0 Å².